The van der Waals surface area contributed by atoms with Crippen molar-refractivity contribution in [1.29, 1.82) is 0 Å². The molecular weight excluding hydrogens is 348 g/mol. The number of rotatable bonds is 2. The maximum atomic E-state index is 12.9. The average Bonchev–Trinajstić information content (AvgIpc) is 3.12. The molecule has 4 rings (SSSR count). The van der Waals surface area contributed by atoms with Crippen LogP contribution in [0.2, 0.25) is 18.1 Å². The minimum atomic E-state index is -1.77. The second-order valence-corrected chi connectivity index (χ2v) is 17.6. The molecule has 27 heavy (non-hydrogen) atoms. The maximum absolute atomic E-state index is 12.9. The van der Waals surface area contributed by atoms with E-state index in [0.717, 1.165) is 25.2 Å². The smallest absolute Gasteiger partial charge is 0.192 e. The average molecular weight is 391 g/mol. The van der Waals surface area contributed by atoms with E-state index in [4.69, 9.17) is 4.43 Å². The molecular formula is C24H42O2Si. The summed E-state index contributed by atoms with van der Waals surface area (Å²) in [7, 11) is -1.77. The van der Waals surface area contributed by atoms with Gasteiger partial charge in [-0.05, 0) is 80.3 Å². The van der Waals surface area contributed by atoms with Crippen molar-refractivity contribution in [3.63, 3.8) is 0 Å². The Hall–Kier alpha value is -0.153. The molecule has 3 heteroatoms. The summed E-state index contributed by atoms with van der Waals surface area (Å²) in [6, 6.07) is 0. The Morgan fingerprint density at radius 3 is 2.30 bits per heavy atom. The fraction of sp³-hybridized carbons (Fsp3) is 0.958. The van der Waals surface area contributed by atoms with Crippen molar-refractivity contribution in [3.8, 4) is 0 Å². The van der Waals surface area contributed by atoms with Gasteiger partial charge in [0.05, 0.1) is 5.60 Å². The highest BCUT2D eigenvalue weighted by Gasteiger charge is 2.77. The van der Waals surface area contributed by atoms with Crippen molar-refractivity contribution in [1.82, 2.24) is 0 Å². The maximum Gasteiger partial charge on any atom is 0.192 e. The molecule has 0 amide bonds. The molecule has 2 nitrogen and oxygen atoms in total. The lowest BCUT2D eigenvalue weighted by molar-refractivity contribution is -0.164. The fourth-order valence-electron chi connectivity index (χ4n) is 7.73. The Balaban J connectivity index is 1.64. The molecule has 0 aromatic rings. The van der Waals surface area contributed by atoms with Gasteiger partial charge < -0.3 is 4.43 Å². The number of Topliss-reactive ketones (excluding diaryl/α,β-unsaturated/α-hetero) is 1. The van der Waals surface area contributed by atoms with E-state index in [-0.39, 0.29) is 16.1 Å². The number of carbonyl (C=O) groups excluding carboxylic acids is 1. The highest BCUT2D eigenvalue weighted by atomic mass is 28.4. The van der Waals surface area contributed by atoms with Crippen LogP contribution >= 0.6 is 0 Å². The normalized spacial score (nSPS) is 49.9. The van der Waals surface area contributed by atoms with Gasteiger partial charge in [-0.25, -0.2) is 0 Å². The topological polar surface area (TPSA) is 26.3 Å². The molecule has 0 bridgehead atoms. The Bertz CT molecular complexity index is 664. The predicted molar refractivity (Wildman–Crippen MR) is 114 cm³/mol. The zero-order valence-electron chi connectivity index (χ0n) is 19.1. The van der Waals surface area contributed by atoms with Crippen molar-refractivity contribution < 1.29 is 9.22 Å². The van der Waals surface area contributed by atoms with Crippen molar-refractivity contribution in [3.05, 3.63) is 0 Å². The van der Waals surface area contributed by atoms with Crippen LogP contribution in [0.25, 0.3) is 0 Å². The van der Waals surface area contributed by atoms with Gasteiger partial charge >= 0.3 is 0 Å². The Kier molecular flexibility index (Phi) is 4.10. The third-order valence-electron chi connectivity index (χ3n) is 10.5. The van der Waals surface area contributed by atoms with E-state index in [9.17, 15) is 4.79 Å². The van der Waals surface area contributed by atoms with Crippen LogP contribution in [0.3, 0.4) is 0 Å². The van der Waals surface area contributed by atoms with Gasteiger partial charge in [0, 0.05) is 17.3 Å². The van der Waals surface area contributed by atoms with E-state index in [2.05, 4.69) is 54.6 Å². The van der Waals surface area contributed by atoms with Gasteiger partial charge in [0.15, 0.2) is 8.32 Å². The van der Waals surface area contributed by atoms with Gasteiger partial charge in [0.25, 0.3) is 0 Å². The van der Waals surface area contributed by atoms with Crippen LogP contribution in [-0.4, -0.2) is 19.7 Å². The first kappa shape index (κ1) is 20.1. The zero-order chi connectivity index (χ0) is 20.1. The van der Waals surface area contributed by atoms with E-state index < -0.39 is 8.32 Å². The third-order valence-corrected chi connectivity index (χ3v) is 15.0. The molecule has 154 valence electrons. The second kappa shape index (κ2) is 5.50. The molecule has 0 saturated heterocycles. The first-order chi connectivity index (χ1) is 12.2. The molecule has 6 atom stereocenters. The lowest BCUT2D eigenvalue weighted by Gasteiger charge is -2.62. The van der Waals surface area contributed by atoms with Gasteiger partial charge in [0.1, 0.15) is 5.78 Å². The van der Waals surface area contributed by atoms with Crippen molar-refractivity contribution >= 4 is 14.1 Å². The van der Waals surface area contributed by atoms with Crippen molar-refractivity contribution in [2.45, 2.75) is 117 Å². The predicted octanol–water partition coefficient (Wildman–Crippen LogP) is 6.74. The molecule has 4 fully saturated rings. The van der Waals surface area contributed by atoms with Gasteiger partial charge in [0.2, 0.25) is 0 Å². The number of carbonyl (C=O) groups is 1. The Morgan fingerprint density at radius 1 is 1.00 bits per heavy atom. The van der Waals surface area contributed by atoms with Crippen LogP contribution in [0.5, 0.6) is 0 Å². The minimum Gasteiger partial charge on any atom is -0.411 e. The lowest BCUT2D eigenvalue weighted by atomic mass is 9.43. The van der Waals surface area contributed by atoms with Crippen LogP contribution in [-0.2, 0) is 9.22 Å². The molecule has 4 aliphatic rings. The van der Waals surface area contributed by atoms with Crippen LogP contribution in [0.4, 0.5) is 0 Å². The van der Waals surface area contributed by atoms with E-state index in [1.165, 1.54) is 32.1 Å². The van der Waals surface area contributed by atoms with Gasteiger partial charge in [-0.2, -0.15) is 0 Å². The molecule has 0 N–H and O–H groups in total. The molecule has 0 unspecified atom stereocenters. The first-order valence-electron chi connectivity index (χ1n) is 11.5. The fourth-order valence-corrected chi connectivity index (χ4v) is 9.42. The van der Waals surface area contributed by atoms with Crippen LogP contribution < -0.4 is 0 Å². The molecule has 4 aliphatic carbocycles. The van der Waals surface area contributed by atoms with Crippen LogP contribution in [0.15, 0.2) is 0 Å². The molecule has 0 spiro atoms. The summed E-state index contributed by atoms with van der Waals surface area (Å²) < 4.78 is 7.16. The van der Waals surface area contributed by atoms with E-state index >= 15 is 0 Å². The summed E-state index contributed by atoms with van der Waals surface area (Å²) in [5.74, 6) is 1.88. The SMILES string of the molecule is CC(C)(C)[Si](C)(C)O[C@]12CC[C@@]3(C)[C@@H]4CCCC(=O)[C@@]4(C)CC[C@@H]3[C@@]1(C)C2. The first-order valence-corrected chi connectivity index (χ1v) is 14.4. The number of hydrogen-bond donors (Lipinski definition) is 0. The van der Waals surface area contributed by atoms with E-state index in [1.807, 2.05) is 0 Å². The van der Waals surface area contributed by atoms with Gasteiger partial charge in [-0.15, -0.1) is 0 Å². The summed E-state index contributed by atoms with van der Waals surface area (Å²) >= 11 is 0. The summed E-state index contributed by atoms with van der Waals surface area (Å²) in [5.41, 5.74) is 0.744. The summed E-state index contributed by atoms with van der Waals surface area (Å²) in [5, 5.41) is 0.271. The standard InChI is InChI=1S/C24H42O2Si/c1-20(2,3)27(7,8)26-24-15-14-21(4)17-10-9-11-19(25)22(17,5)13-12-18(21)23(24,6)16-24/h17-18H,9-16H2,1-8H3/t17-,18-,21-,22-,23+,24-/m0/s1. The highest BCUT2D eigenvalue weighted by molar-refractivity contribution is 6.74. The Labute approximate surface area is 168 Å². The van der Waals surface area contributed by atoms with Crippen LogP contribution in [0, 0.1) is 28.1 Å². The van der Waals surface area contributed by atoms with Gasteiger partial charge in [-0.1, -0.05) is 41.5 Å². The highest BCUT2D eigenvalue weighted by Crippen LogP contribution is 2.78. The number of ketones is 1. The van der Waals surface area contributed by atoms with Crippen molar-refractivity contribution in [2.75, 3.05) is 0 Å². The molecule has 0 aromatic carbocycles. The van der Waals surface area contributed by atoms with Crippen molar-refractivity contribution in [2.24, 2.45) is 28.1 Å². The zero-order valence-corrected chi connectivity index (χ0v) is 20.1. The van der Waals surface area contributed by atoms with Crippen LogP contribution in [0.1, 0.15) is 92.9 Å². The second-order valence-electron chi connectivity index (χ2n) is 12.8. The van der Waals surface area contributed by atoms with E-state index in [1.54, 1.807) is 0 Å². The molecule has 0 aromatic heterocycles. The third kappa shape index (κ3) is 2.49. The Morgan fingerprint density at radius 2 is 1.67 bits per heavy atom. The van der Waals surface area contributed by atoms with Gasteiger partial charge in [-0.3, -0.25) is 4.79 Å². The minimum absolute atomic E-state index is 0.0466. The largest absolute Gasteiger partial charge is 0.411 e. The lowest BCUT2D eigenvalue weighted by Crippen LogP contribution is -2.59. The molecule has 0 radical (unpaired) electrons. The monoisotopic (exact) mass is 390 g/mol. The summed E-state index contributed by atoms with van der Waals surface area (Å²) in [4.78, 5) is 12.9. The molecule has 4 saturated carbocycles. The summed E-state index contributed by atoms with van der Waals surface area (Å²) in [6.45, 7) is 19.3. The number of hydrogen-bond acceptors (Lipinski definition) is 2. The van der Waals surface area contributed by atoms with E-state index in [0.29, 0.717) is 22.5 Å². The quantitative estimate of drug-likeness (QED) is 0.488. The molecule has 0 aliphatic heterocycles. The number of fused-ring (bicyclic) bond motifs is 5. The molecule has 0 heterocycles. The summed E-state index contributed by atoms with van der Waals surface area (Å²) in [6.07, 6.45) is 9.27.